The van der Waals surface area contributed by atoms with Gasteiger partial charge in [0.1, 0.15) is 6.54 Å². The average Bonchev–Trinajstić information content (AvgIpc) is 3.20. The van der Waals surface area contributed by atoms with Crippen molar-refractivity contribution in [2.45, 2.75) is 51.6 Å². The van der Waals surface area contributed by atoms with Gasteiger partial charge in [-0.2, -0.15) is 0 Å². The normalized spacial score (nSPS) is 14.3. The molecule has 4 aromatic rings. The molecule has 2 N–H and O–H groups in total. The lowest BCUT2D eigenvalue weighted by molar-refractivity contribution is -0.117. The number of rotatable bonds is 5. The Balaban J connectivity index is 1.50. The van der Waals surface area contributed by atoms with Crippen LogP contribution in [-0.4, -0.2) is 36.6 Å². The summed E-state index contributed by atoms with van der Waals surface area (Å²) in [6, 6.07) is 12.1. The summed E-state index contributed by atoms with van der Waals surface area (Å²) in [5, 5.41) is 10.3. The van der Waals surface area contributed by atoms with Gasteiger partial charge in [-0.3, -0.25) is 19.0 Å². The largest absolute Gasteiger partial charge is 0.352 e. The molecule has 36 heavy (non-hydrogen) atoms. The lowest BCUT2D eigenvalue weighted by atomic mass is 9.95. The summed E-state index contributed by atoms with van der Waals surface area (Å²) in [5.74, 6) is -0.577. The lowest BCUT2D eigenvalue weighted by Crippen LogP contribution is -2.36. The summed E-state index contributed by atoms with van der Waals surface area (Å²) in [6.07, 6.45) is 5.25. The van der Waals surface area contributed by atoms with Gasteiger partial charge in [-0.05, 0) is 50.1 Å². The molecule has 1 aliphatic carbocycles. The second-order valence-electron chi connectivity index (χ2n) is 9.39. The average molecular weight is 489 g/mol. The molecule has 2 heterocycles. The van der Waals surface area contributed by atoms with Crippen molar-refractivity contribution in [3.05, 3.63) is 74.4 Å². The van der Waals surface area contributed by atoms with E-state index in [0.717, 1.165) is 35.9 Å². The molecule has 0 radical (unpaired) electrons. The Labute approximate surface area is 206 Å². The van der Waals surface area contributed by atoms with Crippen LogP contribution in [0.25, 0.3) is 16.7 Å². The summed E-state index contributed by atoms with van der Waals surface area (Å²) in [4.78, 5) is 51.8. The molecule has 0 aliphatic heterocycles. The molecule has 186 valence electrons. The van der Waals surface area contributed by atoms with Crippen molar-refractivity contribution in [2.24, 2.45) is 7.05 Å². The van der Waals surface area contributed by atoms with Crippen LogP contribution in [0.4, 0.5) is 5.69 Å². The zero-order valence-electron chi connectivity index (χ0n) is 20.3. The molecule has 2 amide bonds. The number of benzene rings is 2. The van der Waals surface area contributed by atoms with Crippen LogP contribution < -0.4 is 21.9 Å². The third kappa shape index (κ3) is 4.41. The number of carbonyl (C=O) groups excluding carboxylic acids is 2. The predicted octanol–water partition coefficient (Wildman–Crippen LogP) is 2.36. The number of carbonyl (C=O) groups is 2. The Morgan fingerprint density at radius 2 is 1.75 bits per heavy atom. The summed E-state index contributed by atoms with van der Waals surface area (Å²) >= 11 is 0. The van der Waals surface area contributed by atoms with Crippen molar-refractivity contribution in [3.8, 4) is 0 Å². The molecule has 1 fully saturated rings. The molecule has 10 nitrogen and oxygen atoms in total. The van der Waals surface area contributed by atoms with Crippen LogP contribution in [0.5, 0.6) is 0 Å². The zero-order valence-corrected chi connectivity index (χ0v) is 20.3. The SMILES string of the molecule is Cc1ccc(NC(=O)Cn2nc3n(C)c(=O)c4ccc(C(=O)NC5CCCCC5)cc4n3c2=O)cc1. The van der Waals surface area contributed by atoms with Gasteiger partial charge in [0.15, 0.2) is 0 Å². The van der Waals surface area contributed by atoms with Gasteiger partial charge in [-0.1, -0.05) is 37.0 Å². The van der Waals surface area contributed by atoms with E-state index in [9.17, 15) is 19.2 Å². The number of nitrogens with one attached hydrogen (secondary N) is 2. The highest BCUT2D eigenvalue weighted by atomic mass is 16.2. The fraction of sp³-hybridized carbons (Fsp3) is 0.346. The highest BCUT2D eigenvalue weighted by Gasteiger charge is 2.20. The van der Waals surface area contributed by atoms with E-state index in [1.165, 1.54) is 22.4 Å². The van der Waals surface area contributed by atoms with Gasteiger partial charge in [-0.25, -0.2) is 13.9 Å². The molecule has 10 heteroatoms. The van der Waals surface area contributed by atoms with Crippen molar-refractivity contribution < 1.29 is 9.59 Å². The van der Waals surface area contributed by atoms with E-state index in [4.69, 9.17) is 0 Å². The molecular formula is C26H28N6O4. The second kappa shape index (κ2) is 9.44. The maximum absolute atomic E-state index is 13.3. The Bertz CT molecular complexity index is 1590. The number of amides is 2. The standard InChI is InChI=1S/C26H28N6O4/c1-16-8-11-19(12-9-16)27-22(33)15-31-26(36)32-21-14-17(23(34)28-18-6-4-3-5-7-18)10-13-20(21)24(35)30(2)25(32)29-31/h8-14,18H,3-7,15H2,1-2H3,(H,27,33)(H,28,34). The highest BCUT2D eigenvalue weighted by Crippen LogP contribution is 2.19. The minimum Gasteiger partial charge on any atom is -0.349 e. The Morgan fingerprint density at radius 3 is 2.47 bits per heavy atom. The second-order valence-corrected chi connectivity index (χ2v) is 9.39. The fourth-order valence-corrected chi connectivity index (χ4v) is 4.73. The molecule has 0 saturated heterocycles. The quantitative estimate of drug-likeness (QED) is 0.447. The van der Waals surface area contributed by atoms with E-state index in [1.807, 2.05) is 19.1 Å². The summed E-state index contributed by atoms with van der Waals surface area (Å²) in [6.45, 7) is 1.62. The van der Waals surface area contributed by atoms with Crippen LogP contribution in [0, 0.1) is 6.92 Å². The molecule has 1 aliphatic rings. The molecule has 1 saturated carbocycles. The van der Waals surface area contributed by atoms with E-state index in [-0.39, 0.29) is 40.7 Å². The smallest absolute Gasteiger partial charge is 0.349 e. The van der Waals surface area contributed by atoms with Crippen molar-refractivity contribution in [1.82, 2.24) is 24.1 Å². The minimum absolute atomic E-state index is 0.0884. The van der Waals surface area contributed by atoms with Crippen molar-refractivity contribution in [2.75, 3.05) is 5.32 Å². The molecule has 0 unspecified atom stereocenters. The molecule has 5 rings (SSSR count). The number of nitrogens with zero attached hydrogens (tertiary/aromatic N) is 4. The minimum atomic E-state index is -0.575. The number of anilines is 1. The van der Waals surface area contributed by atoms with Crippen molar-refractivity contribution in [3.63, 3.8) is 0 Å². The van der Waals surface area contributed by atoms with Crippen LogP contribution in [0.2, 0.25) is 0 Å². The maximum atomic E-state index is 13.3. The van der Waals surface area contributed by atoms with Crippen LogP contribution in [-0.2, 0) is 18.4 Å². The maximum Gasteiger partial charge on any atom is 0.352 e. The monoisotopic (exact) mass is 488 g/mol. The van der Waals surface area contributed by atoms with E-state index >= 15 is 0 Å². The molecular weight excluding hydrogens is 460 g/mol. The number of hydrogen-bond acceptors (Lipinski definition) is 5. The van der Waals surface area contributed by atoms with E-state index in [2.05, 4.69) is 15.7 Å². The van der Waals surface area contributed by atoms with Gasteiger partial charge in [-0.15, -0.1) is 5.10 Å². The summed E-state index contributed by atoms with van der Waals surface area (Å²) in [7, 11) is 1.52. The van der Waals surface area contributed by atoms with E-state index in [0.29, 0.717) is 11.3 Å². The number of hydrogen-bond donors (Lipinski definition) is 2. The van der Waals surface area contributed by atoms with Crippen LogP contribution in [0.1, 0.15) is 48.0 Å². The third-order valence-electron chi connectivity index (χ3n) is 6.73. The van der Waals surface area contributed by atoms with Crippen molar-refractivity contribution in [1.29, 1.82) is 0 Å². The van der Waals surface area contributed by atoms with Gasteiger partial charge < -0.3 is 10.6 Å². The molecule has 0 atom stereocenters. The van der Waals surface area contributed by atoms with Gasteiger partial charge in [0.05, 0.1) is 10.9 Å². The lowest BCUT2D eigenvalue weighted by Gasteiger charge is -2.22. The zero-order chi connectivity index (χ0) is 25.4. The molecule has 2 aromatic carbocycles. The first kappa shape index (κ1) is 23.5. The number of aryl methyl sites for hydroxylation is 2. The summed E-state index contributed by atoms with van der Waals surface area (Å²) in [5.41, 5.74) is 1.38. The Morgan fingerprint density at radius 1 is 1.03 bits per heavy atom. The molecule has 0 bridgehead atoms. The number of aromatic nitrogens is 4. The Kier molecular flexibility index (Phi) is 6.17. The topological polar surface area (TPSA) is 120 Å². The first-order valence-corrected chi connectivity index (χ1v) is 12.1. The Hall–Kier alpha value is -4.21. The van der Waals surface area contributed by atoms with E-state index < -0.39 is 11.6 Å². The first-order chi connectivity index (χ1) is 17.3. The highest BCUT2D eigenvalue weighted by molar-refractivity contribution is 5.98. The molecule has 2 aromatic heterocycles. The van der Waals surface area contributed by atoms with Crippen LogP contribution >= 0.6 is 0 Å². The summed E-state index contributed by atoms with van der Waals surface area (Å²) < 4.78 is 3.56. The third-order valence-corrected chi connectivity index (χ3v) is 6.73. The number of fused-ring (bicyclic) bond motifs is 3. The van der Waals surface area contributed by atoms with Crippen molar-refractivity contribution >= 4 is 34.2 Å². The van der Waals surface area contributed by atoms with Gasteiger partial charge >= 0.3 is 5.69 Å². The first-order valence-electron chi connectivity index (χ1n) is 12.1. The fourth-order valence-electron chi connectivity index (χ4n) is 4.73. The van der Waals surface area contributed by atoms with Gasteiger partial charge in [0, 0.05) is 24.3 Å². The van der Waals surface area contributed by atoms with Gasteiger partial charge in [0.2, 0.25) is 11.7 Å². The van der Waals surface area contributed by atoms with Crippen LogP contribution in [0.15, 0.2) is 52.1 Å². The molecule has 0 spiro atoms. The van der Waals surface area contributed by atoms with E-state index in [1.54, 1.807) is 30.3 Å². The van der Waals surface area contributed by atoms with Crippen LogP contribution in [0.3, 0.4) is 0 Å². The predicted molar refractivity (Wildman–Crippen MR) is 136 cm³/mol. The van der Waals surface area contributed by atoms with Gasteiger partial charge in [0.25, 0.3) is 11.5 Å².